The van der Waals surface area contributed by atoms with E-state index >= 15 is 0 Å². The molecule has 0 aliphatic heterocycles. The summed E-state index contributed by atoms with van der Waals surface area (Å²) < 4.78 is 16.1. The van der Waals surface area contributed by atoms with Crippen molar-refractivity contribution in [2.75, 3.05) is 25.9 Å². The first-order chi connectivity index (χ1) is 16.9. The molecule has 190 valence electrons. The molecule has 3 aromatic carbocycles. The van der Waals surface area contributed by atoms with Crippen molar-refractivity contribution in [1.29, 1.82) is 0 Å². The fourth-order valence-electron chi connectivity index (χ4n) is 3.43. The Bertz CT molecular complexity index is 1320. The number of benzene rings is 3. The largest absolute Gasteiger partial charge is 0.483 e. The first kappa shape index (κ1) is 27.3. The van der Waals surface area contributed by atoms with E-state index in [2.05, 4.69) is 0 Å². The maximum atomic E-state index is 13.1. The van der Waals surface area contributed by atoms with Crippen LogP contribution in [0.3, 0.4) is 0 Å². The third-order valence-corrected chi connectivity index (χ3v) is 5.37. The predicted octanol–water partition coefficient (Wildman–Crippen LogP) is 5.86. The smallest absolute Gasteiger partial charge is 0.340 e. The number of esters is 2. The topological polar surface area (TPSA) is 91.4 Å². The molecule has 0 radical (unpaired) electrons. The fourth-order valence-corrected chi connectivity index (χ4v) is 4.03. The number of amides is 1. The molecule has 0 heterocycles. The zero-order valence-electron chi connectivity index (χ0n) is 20.4. The van der Waals surface area contributed by atoms with Crippen molar-refractivity contribution in [2.45, 2.75) is 26.4 Å². The van der Waals surface area contributed by atoms with Crippen molar-refractivity contribution in [3.05, 3.63) is 69.7 Å². The molecular formula is C26H25Cl2NO7. The SMILES string of the molecule is COC(=O)c1cc(OCC(=O)N(OC)c2ccccc2C(=O)OC(C)(C)C)c2c(Cl)cc(Cl)cc2c1. The fraction of sp³-hybridized carbons (Fsp3) is 0.269. The molecule has 0 atom stereocenters. The number of halogens is 2. The Kier molecular flexibility index (Phi) is 8.45. The average Bonchev–Trinajstić information content (AvgIpc) is 2.81. The molecule has 0 unspecified atom stereocenters. The van der Waals surface area contributed by atoms with Crippen molar-refractivity contribution in [2.24, 2.45) is 0 Å². The van der Waals surface area contributed by atoms with E-state index in [1.54, 1.807) is 51.1 Å². The van der Waals surface area contributed by atoms with Crippen molar-refractivity contribution in [3.8, 4) is 5.75 Å². The Hall–Kier alpha value is -3.33. The van der Waals surface area contributed by atoms with Gasteiger partial charge < -0.3 is 14.2 Å². The molecule has 36 heavy (non-hydrogen) atoms. The summed E-state index contributed by atoms with van der Waals surface area (Å²) in [6.07, 6.45) is 0. The quantitative estimate of drug-likeness (QED) is 0.277. The molecule has 0 bridgehead atoms. The van der Waals surface area contributed by atoms with Gasteiger partial charge in [0.2, 0.25) is 0 Å². The van der Waals surface area contributed by atoms with E-state index < -0.39 is 30.1 Å². The molecule has 3 rings (SSSR count). The summed E-state index contributed by atoms with van der Waals surface area (Å²) in [4.78, 5) is 43.3. The summed E-state index contributed by atoms with van der Waals surface area (Å²) in [5.41, 5.74) is -0.229. The second-order valence-electron chi connectivity index (χ2n) is 8.63. The summed E-state index contributed by atoms with van der Waals surface area (Å²) in [5, 5.41) is 2.55. The van der Waals surface area contributed by atoms with Crippen molar-refractivity contribution < 1.29 is 33.4 Å². The number of anilines is 1. The molecule has 0 N–H and O–H groups in total. The van der Waals surface area contributed by atoms with Gasteiger partial charge in [0, 0.05) is 10.4 Å². The van der Waals surface area contributed by atoms with E-state index in [9.17, 15) is 14.4 Å². The molecule has 10 heteroatoms. The van der Waals surface area contributed by atoms with Gasteiger partial charge in [-0.2, -0.15) is 5.06 Å². The van der Waals surface area contributed by atoms with Crippen LogP contribution < -0.4 is 9.80 Å². The lowest BCUT2D eigenvalue weighted by Crippen LogP contribution is -2.35. The normalized spacial score (nSPS) is 11.2. The summed E-state index contributed by atoms with van der Waals surface area (Å²) in [6, 6.07) is 12.5. The van der Waals surface area contributed by atoms with Crippen LogP contribution in [0.2, 0.25) is 10.0 Å². The van der Waals surface area contributed by atoms with Gasteiger partial charge in [0.15, 0.2) is 6.61 Å². The Morgan fingerprint density at radius 3 is 2.28 bits per heavy atom. The van der Waals surface area contributed by atoms with Crippen LogP contribution in [0, 0.1) is 0 Å². The third-order valence-electron chi connectivity index (χ3n) is 4.85. The zero-order chi connectivity index (χ0) is 26.6. The first-order valence-electron chi connectivity index (χ1n) is 10.8. The van der Waals surface area contributed by atoms with Gasteiger partial charge >= 0.3 is 11.9 Å². The van der Waals surface area contributed by atoms with Crippen LogP contribution in [0.5, 0.6) is 5.75 Å². The molecule has 0 spiro atoms. The van der Waals surface area contributed by atoms with Gasteiger partial charge in [0.25, 0.3) is 5.91 Å². The molecule has 3 aromatic rings. The van der Waals surface area contributed by atoms with Crippen LogP contribution in [-0.4, -0.2) is 44.3 Å². The summed E-state index contributed by atoms with van der Waals surface area (Å²) in [5.74, 6) is -1.68. The maximum absolute atomic E-state index is 13.1. The summed E-state index contributed by atoms with van der Waals surface area (Å²) in [7, 11) is 2.54. The predicted molar refractivity (Wildman–Crippen MR) is 137 cm³/mol. The van der Waals surface area contributed by atoms with Crippen LogP contribution in [0.25, 0.3) is 10.8 Å². The molecule has 0 aliphatic rings. The van der Waals surface area contributed by atoms with E-state index in [1.807, 2.05) is 0 Å². The van der Waals surface area contributed by atoms with Crippen LogP contribution in [0.15, 0.2) is 48.5 Å². The number of hydroxylamine groups is 1. The molecule has 1 amide bonds. The third kappa shape index (κ3) is 6.26. The number of hydrogen-bond acceptors (Lipinski definition) is 7. The molecule has 8 nitrogen and oxygen atoms in total. The van der Waals surface area contributed by atoms with Crippen LogP contribution in [-0.2, 0) is 19.1 Å². The number of ether oxygens (including phenoxy) is 3. The highest BCUT2D eigenvalue weighted by atomic mass is 35.5. The monoisotopic (exact) mass is 533 g/mol. The van der Waals surface area contributed by atoms with Crippen molar-refractivity contribution in [1.82, 2.24) is 0 Å². The van der Waals surface area contributed by atoms with E-state index in [1.165, 1.54) is 32.4 Å². The molecule has 0 fully saturated rings. The minimum atomic E-state index is -0.733. The lowest BCUT2D eigenvalue weighted by atomic mass is 10.1. The first-order valence-corrected chi connectivity index (χ1v) is 11.5. The Labute approximate surface area is 218 Å². The van der Waals surface area contributed by atoms with E-state index in [-0.39, 0.29) is 27.6 Å². The minimum Gasteiger partial charge on any atom is -0.483 e. The second-order valence-corrected chi connectivity index (χ2v) is 9.47. The van der Waals surface area contributed by atoms with Gasteiger partial charge in [-0.25, -0.2) is 9.59 Å². The summed E-state index contributed by atoms with van der Waals surface area (Å²) in [6.45, 7) is 4.72. The summed E-state index contributed by atoms with van der Waals surface area (Å²) >= 11 is 12.5. The number of para-hydroxylation sites is 1. The highest BCUT2D eigenvalue weighted by Gasteiger charge is 2.26. The second kappa shape index (κ2) is 11.2. The average molecular weight is 534 g/mol. The van der Waals surface area contributed by atoms with Crippen LogP contribution in [0.1, 0.15) is 41.5 Å². The number of methoxy groups -OCH3 is 1. The van der Waals surface area contributed by atoms with E-state index in [0.29, 0.717) is 15.8 Å². The van der Waals surface area contributed by atoms with Gasteiger partial charge in [-0.15, -0.1) is 0 Å². The van der Waals surface area contributed by atoms with Crippen molar-refractivity contribution in [3.63, 3.8) is 0 Å². The number of nitrogens with zero attached hydrogens (tertiary/aromatic N) is 1. The Balaban J connectivity index is 1.94. The Morgan fingerprint density at radius 1 is 0.944 bits per heavy atom. The maximum Gasteiger partial charge on any atom is 0.340 e. The Morgan fingerprint density at radius 2 is 1.64 bits per heavy atom. The van der Waals surface area contributed by atoms with Crippen LogP contribution in [0.4, 0.5) is 5.69 Å². The van der Waals surface area contributed by atoms with Gasteiger partial charge in [-0.05, 0) is 62.6 Å². The number of rotatable bonds is 7. The van der Waals surface area contributed by atoms with Gasteiger partial charge in [-0.1, -0.05) is 35.3 Å². The molecule has 0 saturated carbocycles. The number of carbonyl (C=O) groups is 3. The lowest BCUT2D eigenvalue weighted by Gasteiger charge is -2.24. The highest BCUT2D eigenvalue weighted by Crippen LogP contribution is 2.36. The number of hydrogen-bond donors (Lipinski definition) is 0. The molecular weight excluding hydrogens is 509 g/mol. The van der Waals surface area contributed by atoms with Gasteiger partial charge in [-0.3, -0.25) is 9.63 Å². The van der Waals surface area contributed by atoms with E-state index in [0.717, 1.165) is 5.06 Å². The molecule has 0 saturated heterocycles. The van der Waals surface area contributed by atoms with Crippen molar-refractivity contribution >= 4 is 57.5 Å². The van der Waals surface area contributed by atoms with Gasteiger partial charge in [0.05, 0.1) is 36.1 Å². The standard InChI is InChI=1S/C26H25Cl2NO7/c1-26(2,3)36-25(32)18-8-6-7-9-20(18)29(34-5)22(30)14-35-21-12-16(24(31)33-4)10-15-11-17(27)13-19(28)23(15)21/h6-13H,14H2,1-5H3. The van der Waals surface area contributed by atoms with Gasteiger partial charge in [0.1, 0.15) is 11.4 Å². The number of carbonyl (C=O) groups excluding carboxylic acids is 3. The zero-order valence-corrected chi connectivity index (χ0v) is 21.9. The van der Waals surface area contributed by atoms with Crippen LogP contribution >= 0.6 is 23.2 Å². The number of fused-ring (bicyclic) bond motifs is 1. The van der Waals surface area contributed by atoms with E-state index in [4.69, 9.17) is 42.3 Å². The lowest BCUT2D eigenvalue weighted by molar-refractivity contribution is -0.126. The molecule has 0 aliphatic carbocycles. The minimum absolute atomic E-state index is 0.137. The highest BCUT2D eigenvalue weighted by molar-refractivity contribution is 6.39. The molecule has 0 aromatic heterocycles.